The average molecular weight is 284 g/mol. The van der Waals surface area contributed by atoms with Gasteiger partial charge in [-0.05, 0) is 24.3 Å². The summed E-state index contributed by atoms with van der Waals surface area (Å²) in [5.41, 5.74) is 2.23. The fourth-order valence-electron chi connectivity index (χ4n) is 1.66. The number of rotatable bonds is 3. The number of nitrogens with one attached hydrogen (secondary N) is 1. The maximum Gasteiger partial charge on any atom is 0.149 e. The highest BCUT2D eigenvalue weighted by Crippen LogP contribution is 2.19. The maximum atomic E-state index is 5.85. The number of anilines is 2. The second kappa shape index (κ2) is 5.63. The zero-order valence-corrected chi connectivity index (χ0v) is 11.1. The Kier molecular flexibility index (Phi) is 3.52. The summed E-state index contributed by atoms with van der Waals surface area (Å²) >= 11 is 5.85. The van der Waals surface area contributed by atoms with Crippen LogP contribution in [0.4, 0.5) is 11.5 Å². The van der Waals surface area contributed by atoms with Gasteiger partial charge in [-0.25, -0.2) is 4.98 Å². The summed E-state index contributed by atoms with van der Waals surface area (Å²) in [5, 5.41) is 3.85. The Morgan fingerprint density at radius 1 is 0.850 bits per heavy atom. The van der Waals surface area contributed by atoms with Gasteiger partial charge in [0.15, 0.2) is 0 Å². The minimum absolute atomic E-state index is 0.635. The molecule has 0 atom stereocenters. The van der Waals surface area contributed by atoms with E-state index in [-0.39, 0.29) is 0 Å². The Labute approximate surface area is 120 Å². The van der Waals surface area contributed by atoms with Gasteiger partial charge in [0, 0.05) is 23.1 Å². The van der Waals surface area contributed by atoms with E-state index in [0.29, 0.717) is 22.2 Å². The van der Waals surface area contributed by atoms with Crippen LogP contribution in [0.25, 0.3) is 11.4 Å². The van der Waals surface area contributed by atoms with Crippen molar-refractivity contribution in [2.75, 3.05) is 5.32 Å². The summed E-state index contributed by atoms with van der Waals surface area (Å²) in [6.07, 6.45) is 8.19. The molecule has 6 heteroatoms. The van der Waals surface area contributed by atoms with Gasteiger partial charge in [0.25, 0.3) is 0 Å². The molecule has 98 valence electrons. The number of aromatic nitrogens is 4. The van der Waals surface area contributed by atoms with Crippen molar-refractivity contribution in [3.05, 3.63) is 60.3 Å². The molecule has 20 heavy (non-hydrogen) atoms. The van der Waals surface area contributed by atoms with Crippen molar-refractivity contribution >= 4 is 23.1 Å². The summed E-state index contributed by atoms with van der Waals surface area (Å²) in [5.74, 6) is 0.635. The predicted octanol–water partition coefficient (Wildman–Crippen LogP) is 3.33. The topological polar surface area (TPSA) is 63.6 Å². The van der Waals surface area contributed by atoms with Crippen LogP contribution in [0.2, 0.25) is 5.02 Å². The number of halogens is 1. The fourth-order valence-corrected chi connectivity index (χ4v) is 1.79. The molecule has 1 aromatic carbocycles. The number of nitrogens with zero attached hydrogens (tertiary/aromatic N) is 4. The molecule has 5 nitrogen and oxygen atoms in total. The van der Waals surface area contributed by atoms with E-state index in [2.05, 4.69) is 25.3 Å². The molecule has 0 unspecified atom stereocenters. The van der Waals surface area contributed by atoms with E-state index >= 15 is 0 Å². The van der Waals surface area contributed by atoms with Crippen molar-refractivity contribution in [3.63, 3.8) is 0 Å². The van der Waals surface area contributed by atoms with Gasteiger partial charge in [-0.2, -0.15) is 0 Å². The van der Waals surface area contributed by atoms with E-state index in [1.165, 1.54) is 0 Å². The first kappa shape index (κ1) is 12.5. The smallest absolute Gasteiger partial charge is 0.149 e. The molecule has 0 radical (unpaired) electrons. The van der Waals surface area contributed by atoms with Crippen LogP contribution < -0.4 is 5.32 Å². The Morgan fingerprint density at radius 2 is 1.65 bits per heavy atom. The van der Waals surface area contributed by atoms with Gasteiger partial charge in [0.2, 0.25) is 0 Å². The van der Waals surface area contributed by atoms with Gasteiger partial charge in [0.05, 0.1) is 18.6 Å². The maximum absolute atomic E-state index is 5.85. The molecule has 0 bridgehead atoms. The van der Waals surface area contributed by atoms with Crippen molar-refractivity contribution in [2.45, 2.75) is 0 Å². The van der Waals surface area contributed by atoms with Crippen molar-refractivity contribution in [2.24, 2.45) is 0 Å². The zero-order valence-electron chi connectivity index (χ0n) is 10.4. The first-order chi connectivity index (χ1) is 9.81. The van der Waals surface area contributed by atoms with Crippen LogP contribution in [0.3, 0.4) is 0 Å². The molecule has 0 aliphatic heterocycles. The van der Waals surface area contributed by atoms with E-state index in [4.69, 9.17) is 11.6 Å². The Hall–Kier alpha value is -2.53. The first-order valence-electron chi connectivity index (χ1n) is 5.92. The predicted molar refractivity (Wildman–Crippen MR) is 77.8 cm³/mol. The first-order valence-corrected chi connectivity index (χ1v) is 6.30. The molecule has 3 rings (SSSR count). The zero-order chi connectivity index (χ0) is 13.8. The van der Waals surface area contributed by atoms with Crippen molar-refractivity contribution in [1.82, 2.24) is 19.9 Å². The van der Waals surface area contributed by atoms with Crippen molar-refractivity contribution in [1.29, 1.82) is 0 Å². The quantitative estimate of drug-likeness (QED) is 0.799. The minimum Gasteiger partial charge on any atom is -0.339 e. The van der Waals surface area contributed by atoms with Gasteiger partial charge >= 0.3 is 0 Å². The third-order valence-corrected chi connectivity index (χ3v) is 2.83. The van der Waals surface area contributed by atoms with E-state index in [1.807, 2.05) is 24.3 Å². The van der Waals surface area contributed by atoms with E-state index < -0.39 is 0 Å². The second-order valence-electron chi connectivity index (χ2n) is 4.01. The molecule has 2 heterocycles. The van der Waals surface area contributed by atoms with Crippen LogP contribution in [-0.4, -0.2) is 19.9 Å². The molecule has 3 aromatic rings. The molecular weight excluding hydrogens is 274 g/mol. The summed E-state index contributed by atoms with van der Waals surface area (Å²) < 4.78 is 0. The average Bonchev–Trinajstić information content (AvgIpc) is 2.51. The Morgan fingerprint density at radius 3 is 2.40 bits per heavy atom. The summed E-state index contributed by atoms with van der Waals surface area (Å²) in [7, 11) is 0. The molecule has 0 saturated heterocycles. The van der Waals surface area contributed by atoms with E-state index in [1.54, 1.807) is 31.0 Å². The SMILES string of the molecule is Clc1ccc(Nc2cncc(-c3cnccn3)n2)cc1. The van der Waals surface area contributed by atoms with Gasteiger partial charge in [-0.3, -0.25) is 15.0 Å². The lowest BCUT2D eigenvalue weighted by Gasteiger charge is -2.06. The van der Waals surface area contributed by atoms with Crippen LogP contribution in [-0.2, 0) is 0 Å². The summed E-state index contributed by atoms with van der Waals surface area (Å²) in [6, 6.07) is 7.37. The Bertz CT molecular complexity index is 700. The lowest BCUT2D eigenvalue weighted by molar-refractivity contribution is 1.14. The standard InChI is InChI=1S/C14H10ClN5/c15-10-1-3-11(4-2-10)19-14-9-17-8-13(20-14)12-7-16-5-6-18-12/h1-9H,(H,19,20). The minimum atomic E-state index is 0.635. The number of hydrogen-bond acceptors (Lipinski definition) is 5. The lowest BCUT2D eigenvalue weighted by atomic mass is 10.3. The summed E-state index contributed by atoms with van der Waals surface area (Å²) in [4.78, 5) is 16.8. The highest BCUT2D eigenvalue weighted by Gasteiger charge is 2.03. The molecule has 0 spiro atoms. The highest BCUT2D eigenvalue weighted by atomic mass is 35.5. The van der Waals surface area contributed by atoms with Crippen LogP contribution in [0, 0.1) is 0 Å². The van der Waals surface area contributed by atoms with Crippen LogP contribution in [0.15, 0.2) is 55.2 Å². The van der Waals surface area contributed by atoms with Gasteiger partial charge in [-0.1, -0.05) is 11.6 Å². The number of hydrogen-bond donors (Lipinski definition) is 1. The van der Waals surface area contributed by atoms with Crippen LogP contribution >= 0.6 is 11.6 Å². The number of benzene rings is 1. The molecular formula is C14H10ClN5. The third kappa shape index (κ3) is 2.89. The van der Waals surface area contributed by atoms with Gasteiger partial charge < -0.3 is 5.32 Å². The molecule has 0 fully saturated rings. The molecule has 0 amide bonds. The van der Waals surface area contributed by atoms with Crippen molar-refractivity contribution < 1.29 is 0 Å². The lowest BCUT2D eigenvalue weighted by Crippen LogP contribution is -1.97. The molecule has 0 aliphatic carbocycles. The van der Waals surface area contributed by atoms with Gasteiger partial charge in [0.1, 0.15) is 17.2 Å². The molecule has 0 saturated carbocycles. The van der Waals surface area contributed by atoms with Crippen LogP contribution in [0.1, 0.15) is 0 Å². The third-order valence-electron chi connectivity index (χ3n) is 2.58. The second-order valence-corrected chi connectivity index (χ2v) is 4.45. The monoisotopic (exact) mass is 283 g/mol. The van der Waals surface area contributed by atoms with E-state index in [9.17, 15) is 0 Å². The largest absolute Gasteiger partial charge is 0.339 e. The highest BCUT2D eigenvalue weighted by molar-refractivity contribution is 6.30. The Balaban J connectivity index is 1.86. The van der Waals surface area contributed by atoms with Crippen LogP contribution in [0.5, 0.6) is 0 Å². The normalized spacial score (nSPS) is 10.2. The molecule has 2 aromatic heterocycles. The van der Waals surface area contributed by atoms with E-state index in [0.717, 1.165) is 5.69 Å². The van der Waals surface area contributed by atoms with Gasteiger partial charge in [-0.15, -0.1) is 0 Å². The molecule has 0 aliphatic rings. The fraction of sp³-hybridized carbons (Fsp3) is 0. The summed E-state index contributed by atoms with van der Waals surface area (Å²) in [6.45, 7) is 0. The molecule has 1 N–H and O–H groups in total. The van der Waals surface area contributed by atoms with Crippen molar-refractivity contribution in [3.8, 4) is 11.4 Å².